The number of aliphatic hydroxyl groups excluding tert-OH is 1. The van der Waals surface area contributed by atoms with Gasteiger partial charge in [0.25, 0.3) is 0 Å². The van der Waals surface area contributed by atoms with Gasteiger partial charge < -0.3 is 15.4 Å². The van der Waals surface area contributed by atoms with Crippen molar-refractivity contribution in [2.75, 3.05) is 19.6 Å². The Hall–Kier alpha value is -2.14. The fraction of sp³-hybridized carbons (Fsp3) is 0.481. The summed E-state index contributed by atoms with van der Waals surface area (Å²) < 4.78 is 0. The lowest BCUT2D eigenvalue weighted by Crippen LogP contribution is -2.53. The van der Waals surface area contributed by atoms with E-state index in [9.17, 15) is 5.11 Å². The van der Waals surface area contributed by atoms with Crippen LogP contribution in [0.2, 0.25) is 0 Å². The van der Waals surface area contributed by atoms with E-state index >= 15 is 0 Å². The number of aromatic amines is 1. The fourth-order valence-corrected chi connectivity index (χ4v) is 6.72. The molecule has 3 aliphatic rings. The highest BCUT2D eigenvalue weighted by molar-refractivity contribution is 5.85. The molecule has 1 saturated heterocycles. The predicted molar refractivity (Wildman–Crippen MR) is 125 cm³/mol. The lowest BCUT2D eigenvalue weighted by Gasteiger charge is -2.51. The van der Waals surface area contributed by atoms with Crippen LogP contribution >= 0.6 is 0 Å². The Morgan fingerprint density at radius 1 is 1.03 bits per heavy atom. The second-order valence-electron chi connectivity index (χ2n) is 9.91. The summed E-state index contributed by atoms with van der Waals surface area (Å²) in [6.07, 6.45) is 4.26. The standard InChI is InChI=1S/C27H33N3O/c31-26-11-10-19-17-30-13-12-21-20-8-4-5-9-24(20)29-27(21)25(30)14-22(19)23(26)16-28-15-18-6-2-1-3-7-18/h1-9,19,22-23,25-26,28-29,31H,10-17H2. The molecule has 31 heavy (non-hydrogen) atoms. The largest absolute Gasteiger partial charge is 0.393 e. The normalized spacial score (nSPS) is 30.5. The van der Waals surface area contributed by atoms with Crippen LogP contribution in [0.1, 0.15) is 42.1 Å². The van der Waals surface area contributed by atoms with Crippen LogP contribution in [0, 0.1) is 17.8 Å². The molecule has 3 aromatic rings. The second-order valence-corrected chi connectivity index (χ2v) is 9.91. The van der Waals surface area contributed by atoms with Crippen molar-refractivity contribution in [2.24, 2.45) is 17.8 Å². The molecule has 2 fully saturated rings. The average Bonchev–Trinajstić information content (AvgIpc) is 3.19. The van der Waals surface area contributed by atoms with Crippen molar-refractivity contribution in [3.05, 3.63) is 71.4 Å². The zero-order chi connectivity index (χ0) is 20.8. The van der Waals surface area contributed by atoms with Gasteiger partial charge in [-0.2, -0.15) is 0 Å². The zero-order valence-corrected chi connectivity index (χ0v) is 18.1. The number of aliphatic hydroxyl groups is 1. The molecule has 0 spiro atoms. The maximum Gasteiger partial charge on any atom is 0.0583 e. The first-order valence-electron chi connectivity index (χ1n) is 12.0. The van der Waals surface area contributed by atoms with Crippen LogP contribution in [-0.2, 0) is 13.0 Å². The topological polar surface area (TPSA) is 51.3 Å². The quantitative estimate of drug-likeness (QED) is 0.597. The molecule has 1 saturated carbocycles. The average molecular weight is 416 g/mol. The summed E-state index contributed by atoms with van der Waals surface area (Å²) in [5.74, 6) is 1.65. The van der Waals surface area contributed by atoms with Gasteiger partial charge in [-0.3, -0.25) is 4.90 Å². The number of nitrogens with one attached hydrogen (secondary N) is 2. The number of fused-ring (bicyclic) bond motifs is 6. The first-order valence-corrected chi connectivity index (χ1v) is 12.0. The molecule has 0 bridgehead atoms. The van der Waals surface area contributed by atoms with Crippen LogP contribution in [0.5, 0.6) is 0 Å². The molecule has 2 aliphatic heterocycles. The summed E-state index contributed by atoms with van der Waals surface area (Å²) in [5.41, 5.74) is 5.57. The molecule has 4 nitrogen and oxygen atoms in total. The van der Waals surface area contributed by atoms with E-state index in [1.807, 2.05) is 0 Å². The van der Waals surface area contributed by atoms with Crippen molar-refractivity contribution in [3.63, 3.8) is 0 Å². The number of hydrogen-bond donors (Lipinski definition) is 3. The van der Waals surface area contributed by atoms with E-state index in [-0.39, 0.29) is 6.10 Å². The molecule has 5 atom stereocenters. The molecule has 1 aromatic heterocycles. The summed E-state index contributed by atoms with van der Waals surface area (Å²) in [6.45, 7) is 4.14. The highest BCUT2D eigenvalue weighted by atomic mass is 16.3. The van der Waals surface area contributed by atoms with Gasteiger partial charge in [0.1, 0.15) is 0 Å². The molecule has 3 heterocycles. The second kappa shape index (κ2) is 8.09. The molecular weight excluding hydrogens is 382 g/mol. The first-order chi connectivity index (χ1) is 15.3. The highest BCUT2D eigenvalue weighted by Gasteiger charge is 2.46. The Bertz CT molecular complexity index is 1050. The van der Waals surface area contributed by atoms with Crippen LogP contribution < -0.4 is 5.32 Å². The fourth-order valence-electron chi connectivity index (χ4n) is 6.72. The van der Waals surface area contributed by atoms with E-state index in [0.29, 0.717) is 23.8 Å². The molecule has 6 rings (SSSR count). The third kappa shape index (κ3) is 3.51. The third-order valence-electron chi connectivity index (χ3n) is 8.27. The minimum atomic E-state index is -0.179. The van der Waals surface area contributed by atoms with E-state index in [4.69, 9.17) is 0 Å². The first kappa shape index (κ1) is 19.5. The Balaban J connectivity index is 1.23. The van der Waals surface area contributed by atoms with E-state index in [1.54, 1.807) is 0 Å². The SMILES string of the molecule is OC1CCC2CN3CCc4c([nH]c5ccccc45)C3CC2C1CNCc1ccccc1. The summed E-state index contributed by atoms with van der Waals surface area (Å²) >= 11 is 0. The summed E-state index contributed by atoms with van der Waals surface area (Å²) in [4.78, 5) is 6.51. The minimum absolute atomic E-state index is 0.179. The molecule has 0 amide bonds. The minimum Gasteiger partial charge on any atom is -0.393 e. The van der Waals surface area contributed by atoms with Crippen LogP contribution in [0.4, 0.5) is 0 Å². The van der Waals surface area contributed by atoms with Gasteiger partial charge in [0, 0.05) is 48.7 Å². The number of rotatable bonds is 4. The van der Waals surface area contributed by atoms with Crippen molar-refractivity contribution in [2.45, 2.75) is 44.4 Å². The lowest BCUT2D eigenvalue weighted by molar-refractivity contribution is -0.0551. The summed E-state index contributed by atoms with van der Waals surface area (Å²) in [5, 5.41) is 16.0. The van der Waals surface area contributed by atoms with Crippen molar-refractivity contribution in [1.29, 1.82) is 0 Å². The summed E-state index contributed by atoms with van der Waals surface area (Å²) in [7, 11) is 0. The molecule has 1 aliphatic carbocycles. The molecule has 2 aromatic carbocycles. The maximum atomic E-state index is 10.9. The highest BCUT2D eigenvalue weighted by Crippen LogP contribution is 2.48. The number of piperidine rings is 1. The zero-order valence-electron chi connectivity index (χ0n) is 18.1. The van der Waals surface area contributed by atoms with Crippen molar-refractivity contribution >= 4 is 10.9 Å². The van der Waals surface area contributed by atoms with Gasteiger partial charge in [0.2, 0.25) is 0 Å². The van der Waals surface area contributed by atoms with Crippen LogP contribution in [0.15, 0.2) is 54.6 Å². The number of benzene rings is 2. The Morgan fingerprint density at radius 3 is 2.77 bits per heavy atom. The van der Waals surface area contributed by atoms with E-state index in [0.717, 1.165) is 25.9 Å². The predicted octanol–water partition coefficient (Wildman–Crippen LogP) is 4.26. The van der Waals surface area contributed by atoms with Crippen LogP contribution in [0.3, 0.4) is 0 Å². The van der Waals surface area contributed by atoms with Gasteiger partial charge in [-0.05, 0) is 54.7 Å². The van der Waals surface area contributed by atoms with Gasteiger partial charge in [-0.25, -0.2) is 0 Å². The van der Waals surface area contributed by atoms with Crippen molar-refractivity contribution in [3.8, 4) is 0 Å². The number of nitrogens with zero attached hydrogens (tertiary/aromatic N) is 1. The maximum absolute atomic E-state index is 10.9. The van der Waals surface area contributed by atoms with E-state index in [1.165, 1.54) is 53.7 Å². The van der Waals surface area contributed by atoms with Crippen molar-refractivity contribution in [1.82, 2.24) is 15.2 Å². The van der Waals surface area contributed by atoms with Crippen molar-refractivity contribution < 1.29 is 5.11 Å². The van der Waals surface area contributed by atoms with Gasteiger partial charge in [0.15, 0.2) is 0 Å². The number of hydrogen-bond acceptors (Lipinski definition) is 3. The molecule has 5 unspecified atom stereocenters. The van der Waals surface area contributed by atoms with Gasteiger partial charge in [-0.15, -0.1) is 0 Å². The number of aromatic nitrogens is 1. The third-order valence-corrected chi connectivity index (χ3v) is 8.27. The lowest BCUT2D eigenvalue weighted by atomic mass is 9.65. The Labute approximate surface area is 184 Å². The number of H-pyrrole nitrogens is 1. The molecule has 0 radical (unpaired) electrons. The van der Waals surface area contributed by atoms with Crippen LogP contribution in [-0.4, -0.2) is 40.7 Å². The van der Waals surface area contributed by atoms with E-state index in [2.05, 4.69) is 69.8 Å². The Morgan fingerprint density at radius 2 is 1.87 bits per heavy atom. The molecule has 4 heteroatoms. The molecular formula is C27H33N3O. The molecule has 3 N–H and O–H groups in total. The van der Waals surface area contributed by atoms with Crippen LogP contribution in [0.25, 0.3) is 10.9 Å². The smallest absolute Gasteiger partial charge is 0.0583 e. The number of para-hydroxylation sites is 1. The van der Waals surface area contributed by atoms with E-state index < -0.39 is 0 Å². The monoisotopic (exact) mass is 415 g/mol. The summed E-state index contributed by atoms with van der Waals surface area (Å²) in [6, 6.07) is 19.8. The van der Waals surface area contributed by atoms with Gasteiger partial charge >= 0.3 is 0 Å². The van der Waals surface area contributed by atoms with Gasteiger partial charge in [-0.1, -0.05) is 48.5 Å². The molecule has 162 valence electrons. The van der Waals surface area contributed by atoms with Gasteiger partial charge in [0.05, 0.1) is 12.1 Å². The Kier molecular flexibility index (Phi) is 5.10.